The van der Waals surface area contributed by atoms with Gasteiger partial charge in [-0.05, 0) is 24.3 Å². The van der Waals surface area contributed by atoms with E-state index >= 15 is 0 Å². The standard InChI is InChI=1S/C23H22F3N5O2/c24-23(25,26)16-6-7-21(27-15-16)33-19-4-1-3-17-18(8-14-32-22(17)19)30-10-12-31(13-11-30)20-5-2-9-28-29-20/h1-7,9,15,18H,8,10-14H2. The van der Waals surface area contributed by atoms with Crippen molar-refractivity contribution >= 4 is 5.82 Å². The molecule has 3 aromatic rings. The number of benzene rings is 1. The quantitative estimate of drug-likeness (QED) is 0.578. The van der Waals surface area contributed by atoms with Gasteiger partial charge in [-0.25, -0.2) is 4.98 Å². The summed E-state index contributed by atoms with van der Waals surface area (Å²) in [5, 5.41) is 8.16. The maximum absolute atomic E-state index is 12.8. The monoisotopic (exact) mass is 457 g/mol. The second-order valence-corrected chi connectivity index (χ2v) is 7.92. The minimum absolute atomic E-state index is 0.0831. The number of hydrogen-bond donors (Lipinski definition) is 0. The van der Waals surface area contributed by atoms with Crippen LogP contribution in [0.1, 0.15) is 23.6 Å². The summed E-state index contributed by atoms with van der Waals surface area (Å²) in [6.07, 6.45) is -1.16. The number of ether oxygens (including phenoxy) is 2. The van der Waals surface area contributed by atoms with Gasteiger partial charge in [0, 0.05) is 62.7 Å². The van der Waals surface area contributed by atoms with E-state index in [1.54, 1.807) is 12.3 Å². The topological polar surface area (TPSA) is 63.6 Å². The molecule has 10 heteroatoms. The smallest absolute Gasteiger partial charge is 0.417 e. The van der Waals surface area contributed by atoms with Gasteiger partial charge in [0.05, 0.1) is 12.2 Å². The van der Waals surface area contributed by atoms with Crippen molar-refractivity contribution in [3.05, 3.63) is 66.0 Å². The van der Waals surface area contributed by atoms with Crippen LogP contribution in [-0.2, 0) is 6.18 Å². The summed E-state index contributed by atoms with van der Waals surface area (Å²) in [6, 6.07) is 11.8. The maximum Gasteiger partial charge on any atom is 0.417 e. The van der Waals surface area contributed by atoms with Crippen molar-refractivity contribution in [3.63, 3.8) is 0 Å². The number of aromatic nitrogens is 3. The number of hydrogen-bond acceptors (Lipinski definition) is 7. The van der Waals surface area contributed by atoms with Crippen molar-refractivity contribution < 1.29 is 22.6 Å². The molecule has 0 radical (unpaired) electrons. The molecular weight excluding hydrogens is 435 g/mol. The lowest BCUT2D eigenvalue weighted by atomic mass is 9.97. The summed E-state index contributed by atoms with van der Waals surface area (Å²) >= 11 is 0. The molecule has 1 aromatic carbocycles. The lowest BCUT2D eigenvalue weighted by molar-refractivity contribution is -0.137. The average Bonchev–Trinajstić information content (AvgIpc) is 2.84. The molecule has 0 aliphatic carbocycles. The van der Waals surface area contributed by atoms with Crippen molar-refractivity contribution in [2.75, 3.05) is 37.7 Å². The van der Waals surface area contributed by atoms with Crippen molar-refractivity contribution in [2.24, 2.45) is 0 Å². The van der Waals surface area contributed by atoms with E-state index in [0.29, 0.717) is 18.1 Å². The predicted molar refractivity (Wildman–Crippen MR) is 114 cm³/mol. The molecule has 2 aromatic heterocycles. The summed E-state index contributed by atoms with van der Waals surface area (Å²) < 4.78 is 50.1. The largest absolute Gasteiger partial charge is 0.489 e. The first-order valence-corrected chi connectivity index (χ1v) is 10.7. The minimum Gasteiger partial charge on any atom is -0.489 e. The van der Waals surface area contributed by atoms with Crippen LogP contribution in [0.3, 0.4) is 0 Å². The van der Waals surface area contributed by atoms with Crippen LogP contribution in [0.25, 0.3) is 0 Å². The summed E-state index contributed by atoms with van der Waals surface area (Å²) in [5.74, 6) is 2.03. The first-order chi connectivity index (χ1) is 16.0. The first-order valence-electron chi connectivity index (χ1n) is 10.7. The molecule has 0 saturated carbocycles. The van der Waals surface area contributed by atoms with Crippen LogP contribution in [0.5, 0.6) is 17.4 Å². The Morgan fingerprint density at radius 3 is 2.55 bits per heavy atom. The van der Waals surface area contributed by atoms with Crippen LogP contribution in [0, 0.1) is 0 Å². The average molecular weight is 457 g/mol. The van der Waals surface area contributed by atoms with E-state index in [-0.39, 0.29) is 11.9 Å². The molecule has 0 bridgehead atoms. The SMILES string of the molecule is FC(F)(F)c1ccc(Oc2cccc3c2OCCC3N2CCN(c3cccnn3)CC2)nc1. The zero-order valence-electron chi connectivity index (χ0n) is 17.7. The number of anilines is 1. The number of nitrogens with zero attached hydrogens (tertiary/aromatic N) is 5. The summed E-state index contributed by atoms with van der Waals surface area (Å²) in [6.45, 7) is 3.95. The third-order valence-electron chi connectivity index (χ3n) is 5.92. The van der Waals surface area contributed by atoms with Gasteiger partial charge < -0.3 is 14.4 Å². The number of pyridine rings is 1. The second kappa shape index (κ2) is 8.86. The van der Waals surface area contributed by atoms with E-state index in [1.807, 2.05) is 24.3 Å². The third kappa shape index (κ3) is 4.56. The Morgan fingerprint density at radius 1 is 1.00 bits per heavy atom. The molecule has 5 rings (SSSR count). The Balaban J connectivity index is 1.31. The van der Waals surface area contributed by atoms with Gasteiger partial charge in [0.1, 0.15) is 0 Å². The van der Waals surface area contributed by atoms with Gasteiger partial charge in [-0.15, -0.1) is 5.10 Å². The molecule has 2 aliphatic rings. The highest BCUT2D eigenvalue weighted by Gasteiger charge is 2.32. The van der Waals surface area contributed by atoms with E-state index in [1.165, 1.54) is 6.07 Å². The molecule has 1 fully saturated rings. The Kier molecular flexibility index (Phi) is 5.76. The molecule has 0 spiro atoms. The number of rotatable bonds is 4. The van der Waals surface area contributed by atoms with Gasteiger partial charge in [-0.3, -0.25) is 4.90 Å². The van der Waals surface area contributed by atoms with Crippen molar-refractivity contribution in [1.29, 1.82) is 0 Å². The van der Waals surface area contributed by atoms with Crippen molar-refractivity contribution in [1.82, 2.24) is 20.1 Å². The van der Waals surface area contributed by atoms with Gasteiger partial charge in [0.15, 0.2) is 17.3 Å². The van der Waals surface area contributed by atoms with Crippen LogP contribution in [0.2, 0.25) is 0 Å². The maximum atomic E-state index is 12.8. The van der Waals surface area contributed by atoms with E-state index in [4.69, 9.17) is 9.47 Å². The highest BCUT2D eigenvalue weighted by atomic mass is 19.4. The highest BCUT2D eigenvalue weighted by Crippen LogP contribution is 2.43. The predicted octanol–water partition coefficient (Wildman–Crippen LogP) is 4.33. The Morgan fingerprint density at radius 2 is 1.85 bits per heavy atom. The number of para-hydroxylation sites is 1. The molecule has 172 valence electrons. The molecule has 0 N–H and O–H groups in total. The van der Waals surface area contributed by atoms with Crippen LogP contribution < -0.4 is 14.4 Å². The third-order valence-corrected chi connectivity index (χ3v) is 5.92. The molecule has 1 saturated heterocycles. The Bertz CT molecular complexity index is 1090. The van der Waals surface area contributed by atoms with Crippen LogP contribution in [0.4, 0.5) is 19.0 Å². The van der Waals surface area contributed by atoms with Crippen molar-refractivity contribution in [2.45, 2.75) is 18.6 Å². The summed E-state index contributed by atoms with van der Waals surface area (Å²) in [7, 11) is 0. The number of alkyl halides is 3. The Labute approximate surface area is 188 Å². The van der Waals surface area contributed by atoms with Crippen LogP contribution in [0.15, 0.2) is 54.9 Å². The molecular formula is C23H22F3N5O2. The fraction of sp³-hybridized carbons (Fsp3) is 0.348. The summed E-state index contributed by atoms with van der Waals surface area (Å²) in [5.41, 5.74) is 0.195. The van der Waals surface area contributed by atoms with E-state index in [2.05, 4.69) is 25.0 Å². The number of halogens is 3. The zero-order valence-corrected chi connectivity index (χ0v) is 17.7. The van der Waals surface area contributed by atoms with Crippen LogP contribution in [-0.4, -0.2) is 52.9 Å². The van der Waals surface area contributed by atoms with Gasteiger partial charge in [-0.1, -0.05) is 12.1 Å². The fourth-order valence-corrected chi connectivity index (χ4v) is 4.28. The minimum atomic E-state index is -4.44. The van der Waals surface area contributed by atoms with Gasteiger partial charge in [0.25, 0.3) is 0 Å². The number of fused-ring (bicyclic) bond motifs is 1. The van der Waals surface area contributed by atoms with Gasteiger partial charge in [-0.2, -0.15) is 18.3 Å². The molecule has 2 aliphatic heterocycles. The molecule has 1 unspecified atom stereocenters. The second-order valence-electron chi connectivity index (χ2n) is 7.92. The van der Waals surface area contributed by atoms with Gasteiger partial charge >= 0.3 is 6.18 Å². The summed E-state index contributed by atoms with van der Waals surface area (Å²) in [4.78, 5) is 8.46. The van der Waals surface area contributed by atoms with E-state index in [9.17, 15) is 13.2 Å². The molecule has 33 heavy (non-hydrogen) atoms. The zero-order chi connectivity index (χ0) is 22.8. The van der Waals surface area contributed by atoms with Gasteiger partial charge in [0.2, 0.25) is 5.88 Å². The van der Waals surface area contributed by atoms with Crippen molar-refractivity contribution in [3.8, 4) is 17.4 Å². The highest BCUT2D eigenvalue weighted by molar-refractivity contribution is 5.50. The lowest BCUT2D eigenvalue weighted by Gasteiger charge is -2.41. The first kappa shape index (κ1) is 21.4. The number of piperazine rings is 1. The van der Waals surface area contributed by atoms with E-state index in [0.717, 1.165) is 56.2 Å². The molecule has 4 heterocycles. The molecule has 7 nitrogen and oxygen atoms in total. The lowest BCUT2D eigenvalue weighted by Crippen LogP contribution is -2.48. The molecule has 1 atom stereocenters. The normalized spacial score (nSPS) is 19.0. The van der Waals surface area contributed by atoms with E-state index < -0.39 is 11.7 Å². The molecule has 0 amide bonds. The Hall–Kier alpha value is -3.40. The fourth-order valence-electron chi connectivity index (χ4n) is 4.28. The van der Waals surface area contributed by atoms with Crippen LogP contribution >= 0.6 is 0 Å².